The zero-order valence-corrected chi connectivity index (χ0v) is 14.6. The van der Waals surface area contributed by atoms with Gasteiger partial charge >= 0.3 is 0 Å². The van der Waals surface area contributed by atoms with Crippen molar-refractivity contribution in [3.8, 4) is 22.9 Å². The third-order valence-corrected chi connectivity index (χ3v) is 4.67. The highest BCUT2D eigenvalue weighted by Gasteiger charge is 2.27. The van der Waals surface area contributed by atoms with Crippen LogP contribution in [0.15, 0.2) is 42.5 Å². The Kier molecular flexibility index (Phi) is 3.78. The van der Waals surface area contributed by atoms with E-state index >= 15 is 0 Å². The van der Waals surface area contributed by atoms with Gasteiger partial charge in [0.25, 0.3) is 0 Å². The van der Waals surface area contributed by atoms with E-state index in [-0.39, 0.29) is 19.1 Å². The van der Waals surface area contributed by atoms with Crippen LogP contribution < -0.4 is 14.8 Å². The summed E-state index contributed by atoms with van der Waals surface area (Å²) in [4.78, 5) is 17.0. The fraction of sp³-hybridized carbons (Fsp3) is 0.250. The first kappa shape index (κ1) is 15.9. The van der Waals surface area contributed by atoms with E-state index in [4.69, 9.17) is 9.47 Å². The first-order valence-electron chi connectivity index (χ1n) is 8.96. The average Bonchev–Trinajstić information content (AvgIpc) is 3.21. The Morgan fingerprint density at radius 1 is 1.15 bits per heavy atom. The molecule has 2 heterocycles. The lowest BCUT2D eigenvalue weighted by molar-refractivity contribution is -0.115. The van der Waals surface area contributed by atoms with Crippen molar-refractivity contribution in [3.05, 3.63) is 53.9 Å². The number of benzene rings is 2. The van der Waals surface area contributed by atoms with Gasteiger partial charge < -0.3 is 14.8 Å². The van der Waals surface area contributed by atoms with E-state index in [1.165, 1.54) is 12.8 Å². The lowest BCUT2D eigenvalue weighted by Gasteiger charge is -2.07. The molecule has 2 N–H and O–H groups in total. The van der Waals surface area contributed by atoms with E-state index in [9.17, 15) is 4.79 Å². The topological polar surface area (TPSA) is 89.1 Å². The van der Waals surface area contributed by atoms with E-state index in [0.29, 0.717) is 23.2 Å². The third kappa shape index (κ3) is 3.36. The van der Waals surface area contributed by atoms with Crippen LogP contribution >= 0.6 is 0 Å². The molecule has 3 aromatic rings. The summed E-state index contributed by atoms with van der Waals surface area (Å²) in [5, 5.41) is 10.2. The lowest BCUT2D eigenvalue weighted by atomic mass is 10.1. The number of ether oxygens (including phenoxy) is 2. The molecular weight excluding hydrogens is 344 g/mol. The molecule has 0 spiro atoms. The van der Waals surface area contributed by atoms with Gasteiger partial charge in [-0.05, 0) is 42.7 Å². The molecule has 2 aliphatic rings. The first-order valence-corrected chi connectivity index (χ1v) is 8.96. The summed E-state index contributed by atoms with van der Waals surface area (Å²) in [7, 11) is 0. The molecule has 0 saturated heterocycles. The largest absolute Gasteiger partial charge is 0.454 e. The van der Waals surface area contributed by atoms with E-state index < -0.39 is 0 Å². The molecule has 1 aromatic heterocycles. The van der Waals surface area contributed by atoms with Gasteiger partial charge in [0, 0.05) is 17.2 Å². The Hall–Kier alpha value is -3.35. The Labute approximate surface area is 155 Å². The zero-order chi connectivity index (χ0) is 18.2. The Morgan fingerprint density at radius 3 is 2.93 bits per heavy atom. The second-order valence-electron chi connectivity index (χ2n) is 6.81. The number of nitrogens with zero attached hydrogens (tertiary/aromatic N) is 2. The highest BCUT2D eigenvalue weighted by atomic mass is 16.7. The monoisotopic (exact) mass is 362 g/mol. The number of anilines is 1. The zero-order valence-electron chi connectivity index (χ0n) is 14.6. The molecule has 136 valence electrons. The molecule has 0 radical (unpaired) electrons. The number of carbonyl (C=O) groups is 1. The number of rotatable bonds is 5. The number of aromatic amines is 1. The molecule has 7 nitrogen and oxygen atoms in total. The highest BCUT2D eigenvalue weighted by molar-refractivity contribution is 5.92. The summed E-state index contributed by atoms with van der Waals surface area (Å²) in [6.07, 6.45) is 2.60. The number of H-pyrrole nitrogens is 1. The summed E-state index contributed by atoms with van der Waals surface area (Å²) in [6, 6.07) is 13.1. The molecule has 1 amide bonds. The van der Waals surface area contributed by atoms with Crippen molar-refractivity contribution in [1.29, 1.82) is 0 Å². The Morgan fingerprint density at radius 2 is 2.04 bits per heavy atom. The molecule has 1 aliphatic carbocycles. The number of amides is 1. The molecule has 1 aliphatic heterocycles. The van der Waals surface area contributed by atoms with Crippen molar-refractivity contribution >= 4 is 11.6 Å². The summed E-state index contributed by atoms with van der Waals surface area (Å²) >= 11 is 0. The SMILES string of the molecule is O=C(Cc1ccc2c(c1)OCO2)Nc1cccc(-c2n[nH]c(C3CC3)n2)c1. The summed E-state index contributed by atoms with van der Waals surface area (Å²) in [5.74, 6) is 3.42. The van der Waals surface area contributed by atoms with Crippen LogP contribution in [-0.4, -0.2) is 27.9 Å². The van der Waals surface area contributed by atoms with Crippen LogP contribution in [0.1, 0.15) is 30.1 Å². The molecule has 1 fully saturated rings. The quantitative estimate of drug-likeness (QED) is 0.727. The van der Waals surface area contributed by atoms with Gasteiger partial charge in [-0.1, -0.05) is 18.2 Å². The van der Waals surface area contributed by atoms with Gasteiger partial charge in [0.1, 0.15) is 5.82 Å². The summed E-state index contributed by atoms with van der Waals surface area (Å²) in [5.41, 5.74) is 2.46. The number of aromatic nitrogens is 3. The molecule has 5 rings (SSSR count). The first-order chi connectivity index (χ1) is 13.2. The van der Waals surface area contributed by atoms with Gasteiger partial charge in [-0.15, -0.1) is 0 Å². The smallest absolute Gasteiger partial charge is 0.231 e. The number of hydrogen-bond acceptors (Lipinski definition) is 5. The molecule has 27 heavy (non-hydrogen) atoms. The predicted molar refractivity (Wildman–Crippen MR) is 98.7 cm³/mol. The van der Waals surface area contributed by atoms with Crippen LogP contribution in [0.5, 0.6) is 11.5 Å². The Balaban J connectivity index is 1.28. The normalized spacial score (nSPS) is 15.0. The van der Waals surface area contributed by atoms with Crippen LogP contribution in [-0.2, 0) is 11.2 Å². The Bertz CT molecular complexity index is 1010. The minimum Gasteiger partial charge on any atom is -0.454 e. The van der Waals surface area contributed by atoms with Crippen LogP contribution in [0.3, 0.4) is 0 Å². The predicted octanol–water partition coefficient (Wildman–Crippen LogP) is 3.26. The van der Waals surface area contributed by atoms with Gasteiger partial charge in [0.15, 0.2) is 17.3 Å². The molecule has 1 saturated carbocycles. The van der Waals surface area contributed by atoms with Gasteiger partial charge in [-0.2, -0.15) is 5.10 Å². The van der Waals surface area contributed by atoms with Crippen LogP contribution in [0.4, 0.5) is 5.69 Å². The molecular formula is C20H18N4O3. The molecule has 0 unspecified atom stereocenters. The average molecular weight is 362 g/mol. The van der Waals surface area contributed by atoms with E-state index in [1.54, 1.807) is 0 Å². The number of hydrogen-bond donors (Lipinski definition) is 2. The minimum atomic E-state index is -0.0975. The highest BCUT2D eigenvalue weighted by Crippen LogP contribution is 2.38. The molecule has 0 bridgehead atoms. The van der Waals surface area contributed by atoms with Crippen molar-refractivity contribution in [2.45, 2.75) is 25.2 Å². The van der Waals surface area contributed by atoms with Crippen molar-refractivity contribution in [2.75, 3.05) is 12.1 Å². The van der Waals surface area contributed by atoms with Gasteiger partial charge in [-0.3, -0.25) is 9.89 Å². The van der Waals surface area contributed by atoms with E-state index in [2.05, 4.69) is 20.5 Å². The number of nitrogens with one attached hydrogen (secondary N) is 2. The fourth-order valence-corrected chi connectivity index (χ4v) is 3.12. The van der Waals surface area contributed by atoms with Gasteiger partial charge in [0.05, 0.1) is 6.42 Å². The third-order valence-electron chi connectivity index (χ3n) is 4.67. The van der Waals surface area contributed by atoms with Crippen molar-refractivity contribution in [3.63, 3.8) is 0 Å². The minimum absolute atomic E-state index is 0.0975. The maximum absolute atomic E-state index is 12.4. The second kappa shape index (κ2) is 6.42. The van der Waals surface area contributed by atoms with Crippen molar-refractivity contribution in [1.82, 2.24) is 15.2 Å². The van der Waals surface area contributed by atoms with Crippen molar-refractivity contribution < 1.29 is 14.3 Å². The maximum Gasteiger partial charge on any atom is 0.231 e. The van der Waals surface area contributed by atoms with Crippen LogP contribution in [0.25, 0.3) is 11.4 Å². The standard InChI is InChI=1S/C20H18N4O3/c25-18(9-12-4-7-16-17(8-12)27-11-26-16)21-15-3-1-2-14(10-15)20-22-19(23-24-20)13-5-6-13/h1-4,7-8,10,13H,5-6,9,11H2,(H,21,25)(H,22,23,24). The number of fused-ring (bicyclic) bond motifs is 1. The molecule has 0 atom stereocenters. The van der Waals surface area contributed by atoms with E-state index in [0.717, 1.165) is 22.6 Å². The second-order valence-corrected chi connectivity index (χ2v) is 6.81. The lowest BCUT2D eigenvalue weighted by Crippen LogP contribution is -2.14. The van der Waals surface area contributed by atoms with Crippen LogP contribution in [0.2, 0.25) is 0 Å². The van der Waals surface area contributed by atoms with Gasteiger partial charge in [0.2, 0.25) is 12.7 Å². The molecule has 2 aromatic carbocycles. The van der Waals surface area contributed by atoms with E-state index in [1.807, 2.05) is 42.5 Å². The molecule has 7 heteroatoms. The van der Waals surface area contributed by atoms with Gasteiger partial charge in [-0.25, -0.2) is 4.98 Å². The van der Waals surface area contributed by atoms with Crippen LogP contribution in [0, 0.1) is 0 Å². The fourth-order valence-electron chi connectivity index (χ4n) is 3.12. The van der Waals surface area contributed by atoms with Crippen molar-refractivity contribution in [2.24, 2.45) is 0 Å². The summed E-state index contributed by atoms with van der Waals surface area (Å²) < 4.78 is 10.6. The number of carbonyl (C=O) groups excluding carboxylic acids is 1. The maximum atomic E-state index is 12.4. The summed E-state index contributed by atoms with van der Waals surface area (Å²) in [6.45, 7) is 0.224.